The number of rotatable bonds is 2. The zero-order chi connectivity index (χ0) is 12.4. The third-order valence-electron chi connectivity index (χ3n) is 2.51. The van der Waals surface area contributed by atoms with Crippen molar-refractivity contribution in [2.24, 2.45) is 0 Å². The van der Waals surface area contributed by atoms with Gasteiger partial charge in [-0.25, -0.2) is 14.4 Å². The van der Waals surface area contributed by atoms with E-state index in [1.54, 1.807) is 18.3 Å². The van der Waals surface area contributed by atoms with Crippen molar-refractivity contribution in [3.05, 3.63) is 42.1 Å². The van der Waals surface area contributed by atoms with Crippen LogP contribution in [0.3, 0.4) is 0 Å². The van der Waals surface area contributed by atoms with Crippen molar-refractivity contribution < 1.29 is 4.39 Å². The van der Waals surface area contributed by atoms with Gasteiger partial charge in [-0.1, -0.05) is 26.0 Å². The molecular weight excluding hydrogens is 217 g/mol. The highest BCUT2D eigenvalue weighted by atomic mass is 19.1. The average Bonchev–Trinajstić information content (AvgIpc) is 2.30. The van der Waals surface area contributed by atoms with E-state index in [1.165, 1.54) is 12.1 Å². The van der Waals surface area contributed by atoms with E-state index in [0.717, 1.165) is 11.1 Å². The minimum atomic E-state index is -0.271. The highest BCUT2D eigenvalue weighted by Crippen LogP contribution is 2.24. The van der Waals surface area contributed by atoms with Crippen molar-refractivity contribution in [2.45, 2.75) is 19.8 Å². The van der Waals surface area contributed by atoms with Gasteiger partial charge >= 0.3 is 0 Å². The monoisotopic (exact) mass is 231 g/mol. The molecule has 0 fully saturated rings. The molecule has 0 amide bonds. The van der Waals surface area contributed by atoms with Crippen molar-refractivity contribution in [1.29, 1.82) is 0 Å². The molecule has 0 unspecified atom stereocenters. The lowest BCUT2D eigenvalue weighted by molar-refractivity contribution is 0.628. The first kappa shape index (κ1) is 11.5. The molecule has 0 spiro atoms. The van der Waals surface area contributed by atoms with Crippen molar-refractivity contribution in [2.75, 3.05) is 5.73 Å². The Balaban J connectivity index is 2.43. The molecule has 2 N–H and O–H groups in total. The third kappa shape index (κ3) is 2.41. The fourth-order valence-corrected chi connectivity index (χ4v) is 1.54. The number of benzene rings is 1. The lowest BCUT2D eigenvalue weighted by Gasteiger charge is -2.08. The van der Waals surface area contributed by atoms with Gasteiger partial charge in [-0.05, 0) is 17.7 Å². The van der Waals surface area contributed by atoms with E-state index in [1.807, 2.05) is 13.8 Å². The fourth-order valence-electron chi connectivity index (χ4n) is 1.54. The summed E-state index contributed by atoms with van der Waals surface area (Å²) in [4.78, 5) is 8.50. The Labute approximate surface area is 99.5 Å². The molecule has 2 aromatic rings. The molecule has 0 bridgehead atoms. The van der Waals surface area contributed by atoms with Crippen LogP contribution in [0.15, 0.2) is 30.5 Å². The summed E-state index contributed by atoms with van der Waals surface area (Å²) in [6, 6.07) is 6.12. The Morgan fingerprint density at radius 3 is 2.35 bits per heavy atom. The molecule has 0 aliphatic rings. The summed E-state index contributed by atoms with van der Waals surface area (Å²) in [5.41, 5.74) is 7.43. The maximum Gasteiger partial charge on any atom is 0.135 e. The van der Waals surface area contributed by atoms with E-state index >= 15 is 0 Å². The van der Waals surface area contributed by atoms with Gasteiger partial charge in [-0.2, -0.15) is 0 Å². The lowest BCUT2D eigenvalue weighted by Crippen LogP contribution is -2.03. The molecule has 4 heteroatoms. The standard InChI is InChI=1S/C13H14FN3/c1-8(2)13-16-7-11(12(15)17-13)9-3-5-10(14)6-4-9/h3-8H,1-2H3,(H2,15,16,17). The molecule has 17 heavy (non-hydrogen) atoms. The van der Waals surface area contributed by atoms with Gasteiger partial charge in [0, 0.05) is 17.7 Å². The van der Waals surface area contributed by atoms with Gasteiger partial charge < -0.3 is 5.73 Å². The number of halogens is 1. The fraction of sp³-hybridized carbons (Fsp3) is 0.231. The summed E-state index contributed by atoms with van der Waals surface area (Å²) in [6.07, 6.45) is 1.69. The largest absolute Gasteiger partial charge is 0.383 e. The molecule has 1 aromatic carbocycles. The smallest absolute Gasteiger partial charge is 0.135 e. The van der Waals surface area contributed by atoms with E-state index in [-0.39, 0.29) is 11.7 Å². The van der Waals surface area contributed by atoms with Crippen molar-refractivity contribution in [3.8, 4) is 11.1 Å². The van der Waals surface area contributed by atoms with Gasteiger partial charge in [-0.3, -0.25) is 0 Å². The van der Waals surface area contributed by atoms with Crippen molar-refractivity contribution >= 4 is 5.82 Å². The Morgan fingerprint density at radius 2 is 1.82 bits per heavy atom. The van der Waals surface area contributed by atoms with Crippen LogP contribution >= 0.6 is 0 Å². The molecule has 88 valence electrons. The van der Waals surface area contributed by atoms with Gasteiger partial charge in [0.25, 0.3) is 0 Å². The van der Waals surface area contributed by atoms with E-state index in [0.29, 0.717) is 11.6 Å². The molecule has 0 atom stereocenters. The summed E-state index contributed by atoms with van der Waals surface area (Å²) in [7, 11) is 0. The zero-order valence-electron chi connectivity index (χ0n) is 9.81. The van der Waals surface area contributed by atoms with Gasteiger partial charge in [0.1, 0.15) is 17.5 Å². The maximum absolute atomic E-state index is 12.8. The van der Waals surface area contributed by atoms with Gasteiger partial charge in [-0.15, -0.1) is 0 Å². The summed E-state index contributed by atoms with van der Waals surface area (Å²) in [5.74, 6) is 1.11. The number of hydrogen-bond acceptors (Lipinski definition) is 3. The van der Waals surface area contributed by atoms with Gasteiger partial charge in [0.05, 0.1) is 0 Å². The normalized spacial score (nSPS) is 10.8. The predicted octanol–water partition coefficient (Wildman–Crippen LogP) is 2.99. The van der Waals surface area contributed by atoms with Crippen molar-refractivity contribution in [1.82, 2.24) is 9.97 Å². The number of nitrogens with two attached hydrogens (primary N) is 1. The summed E-state index contributed by atoms with van der Waals surface area (Å²) in [5, 5.41) is 0. The average molecular weight is 231 g/mol. The SMILES string of the molecule is CC(C)c1ncc(-c2ccc(F)cc2)c(N)n1. The Kier molecular flexibility index (Phi) is 3.04. The van der Waals surface area contributed by atoms with Crippen LogP contribution in [-0.2, 0) is 0 Å². The molecule has 0 saturated carbocycles. The second kappa shape index (κ2) is 4.49. The third-order valence-corrected chi connectivity index (χ3v) is 2.51. The molecule has 1 heterocycles. The summed E-state index contributed by atoms with van der Waals surface area (Å²) < 4.78 is 12.8. The summed E-state index contributed by atoms with van der Waals surface area (Å²) >= 11 is 0. The Morgan fingerprint density at radius 1 is 1.18 bits per heavy atom. The van der Waals surface area contributed by atoms with Crippen LogP contribution in [0.5, 0.6) is 0 Å². The van der Waals surface area contributed by atoms with Crippen LogP contribution in [-0.4, -0.2) is 9.97 Å². The highest BCUT2D eigenvalue weighted by molar-refractivity contribution is 5.72. The molecule has 2 rings (SSSR count). The molecule has 3 nitrogen and oxygen atoms in total. The van der Waals surface area contributed by atoms with Crippen LogP contribution < -0.4 is 5.73 Å². The second-order valence-corrected chi connectivity index (χ2v) is 4.19. The van der Waals surface area contributed by atoms with E-state index in [2.05, 4.69) is 9.97 Å². The first-order valence-electron chi connectivity index (χ1n) is 5.46. The van der Waals surface area contributed by atoms with Crippen LogP contribution in [0.2, 0.25) is 0 Å². The van der Waals surface area contributed by atoms with Gasteiger partial charge in [0.15, 0.2) is 0 Å². The molecule has 0 saturated heterocycles. The van der Waals surface area contributed by atoms with Crippen LogP contribution in [0, 0.1) is 5.82 Å². The minimum absolute atomic E-state index is 0.236. The number of nitrogens with zero attached hydrogens (tertiary/aromatic N) is 2. The Bertz CT molecular complexity index is 521. The molecular formula is C13H14FN3. The zero-order valence-corrected chi connectivity index (χ0v) is 9.81. The predicted molar refractivity (Wildman–Crippen MR) is 65.9 cm³/mol. The molecule has 0 aliphatic carbocycles. The van der Waals surface area contributed by atoms with Gasteiger partial charge in [0.2, 0.25) is 0 Å². The van der Waals surface area contributed by atoms with Crippen LogP contribution in [0.25, 0.3) is 11.1 Å². The lowest BCUT2D eigenvalue weighted by atomic mass is 10.1. The first-order valence-corrected chi connectivity index (χ1v) is 5.46. The van der Waals surface area contributed by atoms with E-state index < -0.39 is 0 Å². The highest BCUT2D eigenvalue weighted by Gasteiger charge is 2.08. The minimum Gasteiger partial charge on any atom is -0.383 e. The number of nitrogen functional groups attached to an aromatic ring is 1. The molecule has 1 aromatic heterocycles. The first-order chi connectivity index (χ1) is 8.08. The van der Waals surface area contributed by atoms with Crippen LogP contribution in [0.1, 0.15) is 25.6 Å². The van der Waals surface area contributed by atoms with Crippen molar-refractivity contribution in [3.63, 3.8) is 0 Å². The summed E-state index contributed by atoms with van der Waals surface area (Å²) in [6.45, 7) is 4.01. The molecule has 0 aliphatic heterocycles. The number of aromatic nitrogens is 2. The maximum atomic E-state index is 12.8. The quantitative estimate of drug-likeness (QED) is 0.864. The number of hydrogen-bond donors (Lipinski definition) is 1. The Hall–Kier alpha value is -1.97. The van der Waals surface area contributed by atoms with Crippen LogP contribution in [0.4, 0.5) is 10.2 Å². The topological polar surface area (TPSA) is 51.8 Å². The van der Waals surface area contributed by atoms with E-state index in [4.69, 9.17) is 5.73 Å². The van der Waals surface area contributed by atoms with E-state index in [9.17, 15) is 4.39 Å². The molecule has 0 radical (unpaired) electrons. The number of anilines is 1. The second-order valence-electron chi connectivity index (χ2n) is 4.19.